The Balaban J connectivity index is 2.59. The minimum Gasteiger partial charge on any atom is -0.465 e. The molecule has 0 unspecified atom stereocenters. The maximum atomic E-state index is 13.6. The van der Waals surface area contributed by atoms with Gasteiger partial charge in [-0.25, -0.2) is 9.18 Å². The number of benzene rings is 2. The van der Waals surface area contributed by atoms with E-state index < -0.39 is 11.8 Å². The summed E-state index contributed by atoms with van der Waals surface area (Å²) in [5.41, 5.74) is 4.02. The Hall–Kier alpha value is -2.16. The third kappa shape index (κ3) is 2.65. The topological polar surface area (TPSA) is 26.3 Å². The van der Waals surface area contributed by atoms with E-state index in [0.717, 1.165) is 16.7 Å². The molecule has 0 fully saturated rings. The minimum absolute atomic E-state index is 0.221. The van der Waals surface area contributed by atoms with Crippen LogP contribution < -0.4 is 0 Å². The molecule has 0 radical (unpaired) electrons. The molecule has 0 aliphatic rings. The standard InChI is InChI=1S/C16H15FO2/c1-10-5-4-6-15(11(10)2)12-7-13(16(18)19-3)9-14(17)8-12/h4-9H,1-3H3. The lowest BCUT2D eigenvalue weighted by molar-refractivity contribution is 0.0600. The first-order chi connectivity index (χ1) is 9.02. The highest BCUT2D eigenvalue weighted by Gasteiger charge is 2.11. The lowest BCUT2D eigenvalue weighted by Gasteiger charge is -2.10. The molecule has 0 aromatic heterocycles. The molecule has 0 N–H and O–H groups in total. The molecular formula is C16H15FO2. The van der Waals surface area contributed by atoms with Crippen LogP contribution in [0.3, 0.4) is 0 Å². The van der Waals surface area contributed by atoms with E-state index in [1.54, 1.807) is 6.07 Å². The second kappa shape index (κ2) is 5.22. The van der Waals surface area contributed by atoms with Gasteiger partial charge in [0.25, 0.3) is 0 Å². The third-order valence-corrected chi connectivity index (χ3v) is 3.23. The Labute approximate surface area is 111 Å². The number of carbonyl (C=O) groups is 1. The summed E-state index contributed by atoms with van der Waals surface area (Å²) in [6.45, 7) is 3.98. The summed E-state index contributed by atoms with van der Waals surface area (Å²) >= 11 is 0. The molecule has 0 aliphatic heterocycles. The van der Waals surface area contributed by atoms with Gasteiger partial charge in [0.15, 0.2) is 0 Å². The maximum Gasteiger partial charge on any atom is 0.337 e. The van der Waals surface area contributed by atoms with Gasteiger partial charge in [-0.1, -0.05) is 18.2 Å². The van der Waals surface area contributed by atoms with Crippen molar-refractivity contribution in [3.8, 4) is 11.1 Å². The van der Waals surface area contributed by atoms with Crippen molar-refractivity contribution in [2.75, 3.05) is 7.11 Å². The zero-order chi connectivity index (χ0) is 14.0. The molecule has 0 saturated heterocycles. The van der Waals surface area contributed by atoms with Crippen LogP contribution in [0.2, 0.25) is 0 Å². The number of rotatable bonds is 2. The number of hydrogen-bond donors (Lipinski definition) is 0. The van der Waals surface area contributed by atoms with E-state index in [1.165, 1.54) is 19.2 Å². The summed E-state index contributed by atoms with van der Waals surface area (Å²) in [6, 6.07) is 10.1. The predicted octanol–water partition coefficient (Wildman–Crippen LogP) is 3.90. The van der Waals surface area contributed by atoms with Gasteiger partial charge in [-0.15, -0.1) is 0 Å². The smallest absolute Gasteiger partial charge is 0.337 e. The van der Waals surface area contributed by atoms with Crippen LogP contribution in [0.1, 0.15) is 21.5 Å². The van der Waals surface area contributed by atoms with Crippen LogP contribution >= 0.6 is 0 Å². The van der Waals surface area contributed by atoms with Gasteiger partial charge in [0, 0.05) is 0 Å². The van der Waals surface area contributed by atoms with Crippen molar-refractivity contribution < 1.29 is 13.9 Å². The van der Waals surface area contributed by atoms with Crippen LogP contribution in [0.25, 0.3) is 11.1 Å². The summed E-state index contributed by atoms with van der Waals surface area (Å²) in [6.07, 6.45) is 0. The van der Waals surface area contributed by atoms with Crippen molar-refractivity contribution >= 4 is 5.97 Å². The molecule has 2 nitrogen and oxygen atoms in total. The molecule has 0 heterocycles. The molecule has 3 heteroatoms. The van der Waals surface area contributed by atoms with Crippen molar-refractivity contribution in [2.24, 2.45) is 0 Å². The summed E-state index contributed by atoms with van der Waals surface area (Å²) in [7, 11) is 1.28. The average molecular weight is 258 g/mol. The van der Waals surface area contributed by atoms with Gasteiger partial charge in [0.1, 0.15) is 5.82 Å². The van der Waals surface area contributed by atoms with Gasteiger partial charge < -0.3 is 4.74 Å². The van der Waals surface area contributed by atoms with Crippen molar-refractivity contribution in [3.63, 3.8) is 0 Å². The SMILES string of the molecule is COC(=O)c1cc(F)cc(-c2cccc(C)c2C)c1. The summed E-state index contributed by atoms with van der Waals surface area (Å²) < 4.78 is 18.3. The normalized spacial score (nSPS) is 10.3. The van der Waals surface area contributed by atoms with Gasteiger partial charge in [-0.2, -0.15) is 0 Å². The first-order valence-corrected chi connectivity index (χ1v) is 5.98. The molecule has 0 saturated carbocycles. The number of methoxy groups -OCH3 is 1. The molecule has 0 aliphatic carbocycles. The molecule has 2 aromatic rings. The van der Waals surface area contributed by atoms with E-state index in [9.17, 15) is 9.18 Å². The number of aryl methyl sites for hydroxylation is 1. The summed E-state index contributed by atoms with van der Waals surface area (Å²) in [5.74, 6) is -0.982. The van der Waals surface area contributed by atoms with E-state index in [-0.39, 0.29) is 5.56 Å². The fourth-order valence-electron chi connectivity index (χ4n) is 2.04. The van der Waals surface area contributed by atoms with E-state index >= 15 is 0 Å². The number of carbonyl (C=O) groups excluding carboxylic acids is 1. The Bertz CT molecular complexity index is 633. The Morgan fingerprint density at radius 3 is 2.58 bits per heavy atom. The Morgan fingerprint density at radius 1 is 1.16 bits per heavy atom. The van der Waals surface area contributed by atoms with Gasteiger partial charge in [-0.3, -0.25) is 0 Å². The Kier molecular flexibility index (Phi) is 3.65. The van der Waals surface area contributed by atoms with E-state index in [0.29, 0.717) is 5.56 Å². The highest BCUT2D eigenvalue weighted by atomic mass is 19.1. The second-order valence-electron chi connectivity index (χ2n) is 4.47. The van der Waals surface area contributed by atoms with Crippen LogP contribution in [0.15, 0.2) is 36.4 Å². The molecule has 98 valence electrons. The fraction of sp³-hybridized carbons (Fsp3) is 0.188. The lowest BCUT2D eigenvalue weighted by atomic mass is 9.96. The zero-order valence-electron chi connectivity index (χ0n) is 11.2. The highest BCUT2D eigenvalue weighted by molar-refractivity contribution is 5.91. The Morgan fingerprint density at radius 2 is 1.89 bits per heavy atom. The average Bonchev–Trinajstić information content (AvgIpc) is 2.40. The summed E-state index contributed by atoms with van der Waals surface area (Å²) in [5, 5.41) is 0. The van der Waals surface area contributed by atoms with Crippen LogP contribution in [0, 0.1) is 19.7 Å². The summed E-state index contributed by atoms with van der Waals surface area (Å²) in [4.78, 5) is 11.5. The van der Waals surface area contributed by atoms with Crippen molar-refractivity contribution in [1.29, 1.82) is 0 Å². The molecule has 19 heavy (non-hydrogen) atoms. The van der Waals surface area contributed by atoms with E-state index in [2.05, 4.69) is 4.74 Å². The predicted molar refractivity (Wildman–Crippen MR) is 72.6 cm³/mol. The molecule has 0 amide bonds. The monoisotopic (exact) mass is 258 g/mol. The van der Waals surface area contributed by atoms with Crippen molar-refractivity contribution in [2.45, 2.75) is 13.8 Å². The quantitative estimate of drug-likeness (QED) is 0.764. The molecule has 0 atom stereocenters. The van der Waals surface area contributed by atoms with Crippen LogP contribution in [-0.4, -0.2) is 13.1 Å². The first-order valence-electron chi connectivity index (χ1n) is 5.98. The van der Waals surface area contributed by atoms with Gasteiger partial charge in [0.05, 0.1) is 12.7 Å². The largest absolute Gasteiger partial charge is 0.465 e. The van der Waals surface area contributed by atoms with Crippen LogP contribution in [0.4, 0.5) is 4.39 Å². The van der Waals surface area contributed by atoms with Crippen molar-refractivity contribution in [1.82, 2.24) is 0 Å². The molecular weight excluding hydrogens is 243 g/mol. The number of ether oxygens (including phenoxy) is 1. The molecule has 2 rings (SSSR count). The van der Waals surface area contributed by atoms with Gasteiger partial charge in [-0.05, 0) is 54.3 Å². The zero-order valence-corrected chi connectivity index (χ0v) is 11.2. The van der Waals surface area contributed by atoms with Crippen molar-refractivity contribution in [3.05, 3.63) is 58.9 Å². The second-order valence-corrected chi connectivity index (χ2v) is 4.47. The molecule has 0 bridgehead atoms. The van der Waals surface area contributed by atoms with E-state index in [4.69, 9.17) is 0 Å². The number of esters is 1. The first kappa shape index (κ1) is 13.3. The van der Waals surface area contributed by atoms with E-state index in [1.807, 2.05) is 32.0 Å². The lowest BCUT2D eigenvalue weighted by Crippen LogP contribution is -2.02. The maximum absolute atomic E-state index is 13.6. The molecule has 0 spiro atoms. The van der Waals surface area contributed by atoms with Crippen LogP contribution in [0.5, 0.6) is 0 Å². The number of hydrogen-bond acceptors (Lipinski definition) is 2. The van der Waals surface area contributed by atoms with Gasteiger partial charge >= 0.3 is 5.97 Å². The third-order valence-electron chi connectivity index (χ3n) is 3.23. The molecule has 2 aromatic carbocycles. The minimum atomic E-state index is -0.536. The number of halogens is 1. The van der Waals surface area contributed by atoms with Gasteiger partial charge in [0.2, 0.25) is 0 Å². The highest BCUT2D eigenvalue weighted by Crippen LogP contribution is 2.27. The van der Waals surface area contributed by atoms with Crippen LogP contribution in [-0.2, 0) is 4.74 Å². The fourth-order valence-corrected chi connectivity index (χ4v) is 2.04.